The first kappa shape index (κ1) is 16.8. The number of hydrogen-bond donors (Lipinski definition) is 0. The minimum atomic E-state index is 0.0358. The maximum absolute atomic E-state index is 12.6. The van der Waals surface area contributed by atoms with Gasteiger partial charge in [0.15, 0.2) is 0 Å². The van der Waals surface area contributed by atoms with Crippen molar-refractivity contribution in [1.82, 2.24) is 9.80 Å². The molecule has 2 fully saturated rings. The van der Waals surface area contributed by atoms with Gasteiger partial charge < -0.3 is 14.5 Å². The van der Waals surface area contributed by atoms with E-state index in [1.165, 1.54) is 0 Å². The van der Waals surface area contributed by atoms with Crippen LogP contribution in [0.25, 0.3) is 0 Å². The van der Waals surface area contributed by atoms with E-state index in [-0.39, 0.29) is 17.7 Å². The molecule has 0 aromatic heterocycles. The number of nitrogens with zero attached hydrogens (tertiary/aromatic N) is 2. The van der Waals surface area contributed by atoms with Crippen LogP contribution in [0.4, 0.5) is 0 Å². The van der Waals surface area contributed by atoms with E-state index in [1.54, 1.807) is 0 Å². The van der Waals surface area contributed by atoms with Gasteiger partial charge in [-0.15, -0.1) is 0 Å². The quantitative estimate of drug-likeness (QED) is 0.753. The summed E-state index contributed by atoms with van der Waals surface area (Å²) in [5.74, 6) is 1.37. The topological polar surface area (TPSA) is 49.9 Å². The molecule has 1 aromatic rings. The number of rotatable bonds is 6. The Morgan fingerprint density at radius 2 is 1.67 bits per heavy atom. The number of carbonyl (C=O) groups excluding carboxylic acids is 2. The maximum Gasteiger partial charge on any atom is 0.253 e. The fourth-order valence-corrected chi connectivity index (χ4v) is 2.93. The highest BCUT2D eigenvalue weighted by molar-refractivity contribution is 5.94. The number of ether oxygens (including phenoxy) is 1. The minimum absolute atomic E-state index is 0.0358. The summed E-state index contributed by atoms with van der Waals surface area (Å²) in [7, 11) is 0. The average Bonchev–Trinajstić information content (AvgIpc) is 3.47. The van der Waals surface area contributed by atoms with E-state index < -0.39 is 0 Å². The predicted octanol–water partition coefficient (Wildman–Crippen LogP) is 2.56. The number of benzene rings is 1. The zero-order valence-electron chi connectivity index (χ0n) is 14.4. The van der Waals surface area contributed by atoms with Crippen molar-refractivity contribution < 1.29 is 14.3 Å². The van der Waals surface area contributed by atoms with Gasteiger partial charge in [0.05, 0.1) is 6.61 Å². The molecule has 2 amide bonds. The van der Waals surface area contributed by atoms with Crippen molar-refractivity contribution in [3.05, 3.63) is 29.8 Å². The number of hydrogen-bond acceptors (Lipinski definition) is 3. The van der Waals surface area contributed by atoms with E-state index in [0.717, 1.165) is 31.4 Å². The minimum Gasteiger partial charge on any atom is -0.494 e. The summed E-state index contributed by atoms with van der Waals surface area (Å²) in [6.45, 7) is 5.38. The number of unbranched alkanes of at least 4 members (excludes halogenated alkanes) is 1. The van der Waals surface area contributed by atoms with Gasteiger partial charge in [0, 0.05) is 37.7 Å². The first-order valence-corrected chi connectivity index (χ1v) is 9.00. The Morgan fingerprint density at radius 1 is 1.04 bits per heavy atom. The van der Waals surface area contributed by atoms with Crippen LogP contribution in [0.15, 0.2) is 24.3 Å². The molecule has 0 spiro atoms. The highest BCUT2D eigenvalue weighted by Crippen LogP contribution is 2.31. The Bertz CT molecular complexity index is 573. The largest absolute Gasteiger partial charge is 0.494 e. The van der Waals surface area contributed by atoms with Gasteiger partial charge in [-0.05, 0) is 43.5 Å². The first-order valence-electron chi connectivity index (χ1n) is 9.00. The molecule has 1 saturated carbocycles. The Balaban J connectivity index is 1.50. The smallest absolute Gasteiger partial charge is 0.253 e. The SMILES string of the molecule is CCCCOc1ccc(C(=O)N2CCN(C(=O)C3CC3)CC2)cc1. The molecule has 0 atom stereocenters. The average molecular weight is 330 g/mol. The van der Waals surface area contributed by atoms with Crippen LogP contribution in [0.5, 0.6) is 5.75 Å². The lowest BCUT2D eigenvalue weighted by Gasteiger charge is -2.35. The van der Waals surface area contributed by atoms with Gasteiger partial charge in [-0.3, -0.25) is 9.59 Å². The van der Waals surface area contributed by atoms with Crippen molar-refractivity contribution in [2.45, 2.75) is 32.6 Å². The summed E-state index contributed by atoms with van der Waals surface area (Å²) in [4.78, 5) is 28.4. The van der Waals surface area contributed by atoms with E-state index in [0.29, 0.717) is 38.3 Å². The van der Waals surface area contributed by atoms with Gasteiger partial charge in [0.2, 0.25) is 5.91 Å². The summed E-state index contributed by atoms with van der Waals surface area (Å²) < 4.78 is 5.63. The normalized spacial score (nSPS) is 17.7. The molecule has 0 bridgehead atoms. The summed E-state index contributed by atoms with van der Waals surface area (Å²) in [5.41, 5.74) is 0.680. The van der Waals surface area contributed by atoms with Crippen LogP contribution in [0.2, 0.25) is 0 Å². The van der Waals surface area contributed by atoms with Crippen molar-refractivity contribution in [1.29, 1.82) is 0 Å². The van der Waals surface area contributed by atoms with Crippen molar-refractivity contribution in [3.63, 3.8) is 0 Å². The monoisotopic (exact) mass is 330 g/mol. The van der Waals surface area contributed by atoms with Gasteiger partial charge in [-0.2, -0.15) is 0 Å². The molecular weight excluding hydrogens is 304 g/mol. The van der Waals surface area contributed by atoms with E-state index in [2.05, 4.69) is 6.92 Å². The molecule has 0 N–H and O–H groups in total. The molecule has 1 heterocycles. The van der Waals surface area contributed by atoms with Crippen LogP contribution in [-0.4, -0.2) is 54.4 Å². The molecule has 5 heteroatoms. The standard InChI is InChI=1S/C19H26N2O3/c1-2-3-14-24-17-8-6-16(7-9-17)19(23)21-12-10-20(11-13-21)18(22)15-4-5-15/h6-9,15H,2-5,10-14H2,1H3. The van der Waals surface area contributed by atoms with Gasteiger partial charge in [0.25, 0.3) is 5.91 Å². The van der Waals surface area contributed by atoms with Crippen molar-refractivity contribution in [3.8, 4) is 5.75 Å². The molecule has 1 aliphatic heterocycles. The lowest BCUT2D eigenvalue weighted by atomic mass is 10.1. The second kappa shape index (κ2) is 7.69. The molecular formula is C19H26N2O3. The third-order valence-corrected chi connectivity index (χ3v) is 4.67. The Kier molecular flexibility index (Phi) is 5.38. The van der Waals surface area contributed by atoms with Gasteiger partial charge in [-0.25, -0.2) is 0 Å². The number of carbonyl (C=O) groups is 2. The Labute approximate surface area is 143 Å². The van der Waals surface area contributed by atoms with Gasteiger partial charge in [-0.1, -0.05) is 13.3 Å². The van der Waals surface area contributed by atoms with E-state index in [1.807, 2.05) is 34.1 Å². The molecule has 130 valence electrons. The van der Waals surface area contributed by atoms with Crippen LogP contribution in [0.3, 0.4) is 0 Å². The highest BCUT2D eigenvalue weighted by Gasteiger charge is 2.35. The maximum atomic E-state index is 12.6. The van der Waals surface area contributed by atoms with Crippen LogP contribution < -0.4 is 4.74 Å². The molecule has 0 radical (unpaired) electrons. The van der Waals surface area contributed by atoms with Gasteiger partial charge >= 0.3 is 0 Å². The fraction of sp³-hybridized carbons (Fsp3) is 0.579. The summed E-state index contributed by atoms with van der Waals surface area (Å²) in [6.07, 6.45) is 4.20. The molecule has 2 aliphatic rings. The summed E-state index contributed by atoms with van der Waals surface area (Å²) in [6, 6.07) is 7.36. The summed E-state index contributed by atoms with van der Waals surface area (Å²) in [5, 5.41) is 0. The second-order valence-electron chi connectivity index (χ2n) is 6.62. The van der Waals surface area contributed by atoms with Crippen molar-refractivity contribution >= 4 is 11.8 Å². The third kappa shape index (κ3) is 4.08. The van der Waals surface area contributed by atoms with Gasteiger partial charge in [0.1, 0.15) is 5.75 Å². The second-order valence-corrected chi connectivity index (χ2v) is 6.62. The Morgan fingerprint density at radius 3 is 2.25 bits per heavy atom. The zero-order chi connectivity index (χ0) is 16.9. The van der Waals surface area contributed by atoms with Crippen LogP contribution in [0, 0.1) is 5.92 Å². The number of piperazine rings is 1. The lowest BCUT2D eigenvalue weighted by Crippen LogP contribution is -2.51. The lowest BCUT2D eigenvalue weighted by molar-refractivity contribution is -0.134. The van der Waals surface area contributed by atoms with E-state index in [9.17, 15) is 9.59 Å². The molecule has 5 nitrogen and oxygen atoms in total. The number of amides is 2. The Hall–Kier alpha value is -2.04. The molecule has 1 aliphatic carbocycles. The van der Waals surface area contributed by atoms with Crippen molar-refractivity contribution in [2.24, 2.45) is 5.92 Å². The fourth-order valence-electron chi connectivity index (χ4n) is 2.93. The predicted molar refractivity (Wildman–Crippen MR) is 92.1 cm³/mol. The molecule has 0 unspecified atom stereocenters. The molecule has 3 rings (SSSR count). The molecule has 1 saturated heterocycles. The van der Waals surface area contributed by atoms with Crippen LogP contribution in [-0.2, 0) is 4.79 Å². The first-order chi connectivity index (χ1) is 11.7. The van der Waals surface area contributed by atoms with Crippen molar-refractivity contribution in [2.75, 3.05) is 32.8 Å². The molecule has 1 aromatic carbocycles. The summed E-state index contributed by atoms with van der Waals surface area (Å²) >= 11 is 0. The van der Waals surface area contributed by atoms with Crippen LogP contribution >= 0.6 is 0 Å². The zero-order valence-corrected chi connectivity index (χ0v) is 14.4. The highest BCUT2D eigenvalue weighted by atomic mass is 16.5. The van der Waals surface area contributed by atoms with E-state index >= 15 is 0 Å². The molecule has 24 heavy (non-hydrogen) atoms. The third-order valence-electron chi connectivity index (χ3n) is 4.67. The van der Waals surface area contributed by atoms with E-state index in [4.69, 9.17) is 4.74 Å². The van der Waals surface area contributed by atoms with Crippen LogP contribution in [0.1, 0.15) is 43.0 Å².